The lowest BCUT2D eigenvalue weighted by Crippen LogP contribution is -2.39. The molecule has 2 atom stereocenters. The summed E-state index contributed by atoms with van der Waals surface area (Å²) in [5.74, 6) is 0. The maximum absolute atomic E-state index is 3.20. The minimum absolute atomic E-state index is 0.763. The Morgan fingerprint density at radius 1 is 1.11 bits per heavy atom. The highest BCUT2D eigenvalue weighted by atomic mass is 32.2. The number of hydrogen-bond acceptors (Lipinski definition) is 3. The quantitative estimate of drug-likeness (QED) is 0.891. The zero-order valence-electron chi connectivity index (χ0n) is 12.4. The molecule has 19 heavy (non-hydrogen) atoms. The van der Waals surface area contributed by atoms with Gasteiger partial charge >= 0.3 is 0 Å². The van der Waals surface area contributed by atoms with E-state index in [1.807, 2.05) is 7.05 Å². The first-order chi connectivity index (χ1) is 9.17. The fraction of sp³-hybridized carbons (Fsp3) is 0.625. The summed E-state index contributed by atoms with van der Waals surface area (Å²) in [5, 5.41) is 4.72. The number of benzene rings is 1. The predicted molar refractivity (Wildman–Crippen MR) is 85.9 cm³/mol. The van der Waals surface area contributed by atoms with Crippen LogP contribution in [0.4, 0.5) is 0 Å². The Labute approximate surface area is 122 Å². The van der Waals surface area contributed by atoms with Crippen LogP contribution in [-0.4, -0.2) is 42.1 Å². The molecule has 1 aromatic rings. The van der Waals surface area contributed by atoms with Gasteiger partial charge in [-0.3, -0.25) is 4.90 Å². The van der Waals surface area contributed by atoms with Crippen molar-refractivity contribution in [3.05, 3.63) is 35.4 Å². The van der Waals surface area contributed by atoms with Crippen molar-refractivity contribution in [2.45, 2.75) is 37.3 Å². The molecule has 2 nitrogen and oxygen atoms in total. The fourth-order valence-electron chi connectivity index (χ4n) is 2.75. The van der Waals surface area contributed by atoms with Gasteiger partial charge in [-0.1, -0.05) is 38.1 Å². The standard InChI is InChI=1S/C16H26N2S/c1-13-10-18(11-14(2)19-13)12-16-6-4-15(5-7-16)8-9-17-3/h4-7,13-14,17H,8-12H2,1-3H3. The summed E-state index contributed by atoms with van der Waals surface area (Å²) in [6.45, 7) is 9.27. The lowest BCUT2D eigenvalue weighted by Gasteiger charge is -2.34. The van der Waals surface area contributed by atoms with Crippen LogP contribution in [0.2, 0.25) is 0 Å². The molecule has 1 fully saturated rings. The van der Waals surface area contributed by atoms with E-state index in [1.165, 1.54) is 24.2 Å². The fourth-order valence-corrected chi connectivity index (χ4v) is 4.14. The van der Waals surface area contributed by atoms with E-state index in [9.17, 15) is 0 Å². The van der Waals surface area contributed by atoms with Crippen LogP contribution in [-0.2, 0) is 13.0 Å². The summed E-state index contributed by atoms with van der Waals surface area (Å²) in [6, 6.07) is 9.14. The Hall–Kier alpha value is -0.510. The van der Waals surface area contributed by atoms with Crippen LogP contribution in [0.3, 0.4) is 0 Å². The maximum atomic E-state index is 3.20. The predicted octanol–water partition coefficient (Wildman–Crippen LogP) is 2.77. The average molecular weight is 278 g/mol. The average Bonchev–Trinajstić information content (AvgIpc) is 2.37. The topological polar surface area (TPSA) is 15.3 Å². The lowest BCUT2D eigenvalue weighted by molar-refractivity contribution is 0.263. The minimum atomic E-state index is 0.763. The molecule has 0 amide bonds. The monoisotopic (exact) mass is 278 g/mol. The van der Waals surface area contributed by atoms with Crippen molar-refractivity contribution >= 4 is 11.8 Å². The number of thioether (sulfide) groups is 1. The van der Waals surface area contributed by atoms with Crippen molar-refractivity contribution < 1.29 is 0 Å². The van der Waals surface area contributed by atoms with E-state index in [4.69, 9.17) is 0 Å². The SMILES string of the molecule is CNCCc1ccc(CN2CC(C)SC(C)C2)cc1. The van der Waals surface area contributed by atoms with Gasteiger partial charge in [-0.15, -0.1) is 0 Å². The molecule has 106 valence electrons. The van der Waals surface area contributed by atoms with Crippen LogP contribution in [0.25, 0.3) is 0 Å². The number of likely N-dealkylation sites (N-methyl/N-ethyl adjacent to an activating group) is 1. The summed E-state index contributed by atoms with van der Waals surface area (Å²) >= 11 is 2.12. The summed E-state index contributed by atoms with van der Waals surface area (Å²) in [5.41, 5.74) is 2.87. The normalized spacial score (nSPS) is 24.6. The molecule has 1 N–H and O–H groups in total. The molecule has 2 unspecified atom stereocenters. The Balaban J connectivity index is 1.88. The van der Waals surface area contributed by atoms with E-state index in [-0.39, 0.29) is 0 Å². The van der Waals surface area contributed by atoms with Crippen molar-refractivity contribution in [1.82, 2.24) is 10.2 Å². The third-order valence-electron chi connectivity index (χ3n) is 3.59. The minimum Gasteiger partial charge on any atom is -0.319 e. The van der Waals surface area contributed by atoms with Gasteiger partial charge in [0.15, 0.2) is 0 Å². The van der Waals surface area contributed by atoms with Gasteiger partial charge in [-0.05, 0) is 31.1 Å². The zero-order chi connectivity index (χ0) is 13.7. The van der Waals surface area contributed by atoms with Gasteiger partial charge in [0.1, 0.15) is 0 Å². The highest BCUT2D eigenvalue weighted by Crippen LogP contribution is 2.25. The molecule has 0 spiro atoms. The molecule has 0 saturated carbocycles. The second kappa shape index (κ2) is 7.32. The molecular formula is C16H26N2S. The van der Waals surface area contributed by atoms with Gasteiger partial charge in [0.2, 0.25) is 0 Å². The first-order valence-corrected chi connectivity index (χ1v) is 8.22. The van der Waals surface area contributed by atoms with Gasteiger partial charge in [0.05, 0.1) is 0 Å². The molecule has 0 radical (unpaired) electrons. The number of hydrogen-bond donors (Lipinski definition) is 1. The summed E-state index contributed by atoms with van der Waals surface area (Å²) in [7, 11) is 2.01. The van der Waals surface area contributed by atoms with Gasteiger partial charge < -0.3 is 5.32 Å². The highest BCUT2D eigenvalue weighted by molar-refractivity contribution is 8.00. The van der Waals surface area contributed by atoms with Crippen LogP contribution >= 0.6 is 11.8 Å². The van der Waals surface area contributed by atoms with E-state index in [2.05, 4.69) is 60.1 Å². The maximum Gasteiger partial charge on any atom is 0.0234 e. The number of rotatable bonds is 5. The van der Waals surface area contributed by atoms with Crippen molar-refractivity contribution in [1.29, 1.82) is 0 Å². The second-order valence-corrected chi connectivity index (χ2v) is 7.50. The first-order valence-electron chi connectivity index (χ1n) is 7.27. The van der Waals surface area contributed by atoms with E-state index in [0.717, 1.165) is 30.0 Å². The first kappa shape index (κ1) is 14.9. The molecule has 1 aliphatic rings. The summed E-state index contributed by atoms with van der Waals surface area (Å²) in [4.78, 5) is 2.59. The van der Waals surface area contributed by atoms with E-state index in [0.29, 0.717) is 0 Å². The van der Waals surface area contributed by atoms with Gasteiger partial charge in [-0.2, -0.15) is 11.8 Å². The zero-order valence-corrected chi connectivity index (χ0v) is 13.2. The molecule has 0 bridgehead atoms. The Morgan fingerprint density at radius 3 is 2.26 bits per heavy atom. The van der Waals surface area contributed by atoms with Crippen LogP contribution in [0.1, 0.15) is 25.0 Å². The lowest BCUT2D eigenvalue weighted by atomic mass is 10.1. The Bertz CT molecular complexity index is 367. The molecule has 1 aromatic carbocycles. The second-order valence-electron chi connectivity index (χ2n) is 5.62. The van der Waals surface area contributed by atoms with Crippen molar-refractivity contribution in [2.24, 2.45) is 0 Å². The molecule has 1 aliphatic heterocycles. The molecular weight excluding hydrogens is 252 g/mol. The number of nitrogens with one attached hydrogen (secondary N) is 1. The van der Waals surface area contributed by atoms with Crippen LogP contribution < -0.4 is 5.32 Å². The molecule has 1 saturated heterocycles. The van der Waals surface area contributed by atoms with E-state index in [1.54, 1.807) is 0 Å². The van der Waals surface area contributed by atoms with Crippen LogP contribution in [0.5, 0.6) is 0 Å². The molecule has 0 aromatic heterocycles. The Kier molecular flexibility index (Phi) is 5.74. The van der Waals surface area contributed by atoms with Crippen LogP contribution in [0, 0.1) is 0 Å². The molecule has 1 heterocycles. The van der Waals surface area contributed by atoms with Crippen molar-refractivity contribution in [3.8, 4) is 0 Å². The molecule has 3 heteroatoms. The summed E-state index contributed by atoms with van der Waals surface area (Å²) < 4.78 is 0. The third-order valence-corrected chi connectivity index (χ3v) is 4.82. The molecule has 0 aliphatic carbocycles. The van der Waals surface area contributed by atoms with Gasteiger partial charge in [0, 0.05) is 30.1 Å². The van der Waals surface area contributed by atoms with E-state index < -0.39 is 0 Å². The highest BCUT2D eigenvalue weighted by Gasteiger charge is 2.21. The van der Waals surface area contributed by atoms with Crippen molar-refractivity contribution in [2.75, 3.05) is 26.7 Å². The van der Waals surface area contributed by atoms with Gasteiger partial charge in [0.25, 0.3) is 0 Å². The number of nitrogens with zero attached hydrogens (tertiary/aromatic N) is 1. The third kappa shape index (κ3) is 4.83. The van der Waals surface area contributed by atoms with Crippen LogP contribution in [0.15, 0.2) is 24.3 Å². The molecule has 2 rings (SSSR count). The Morgan fingerprint density at radius 2 is 1.68 bits per heavy atom. The van der Waals surface area contributed by atoms with Gasteiger partial charge in [-0.25, -0.2) is 0 Å². The van der Waals surface area contributed by atoms with Crippen molar-refractivity contribution in [3.63, 3.8) is 0 Å². The smallest absolute Gasteiger partial charge is 0.0234 e. The summed E-state index contributed by atoms with van der Waals surface area (Å²) in [6.07, 6.45) is 1.12. The largest absolute Gasteiger partial charge is 0.319 e. The van der Waals surface area contributed by atoms with E-state index >= 15 is 0 Å².